The first kappa shape index (κ1) is 18.8. The number of carboxylic acid groups (broad SMARTS) is 1. The monoisotopic (exact) mass is 373 g/mol. The highest BCUT2D eigenvalue weighted by molar-refractivity contribution is 5.92. The van der Waals surface area contributed by atoms with Gasteiger partial charge < -0.3 is 10.0 Å². The van der Waals surface area contributed by atoms with Crippen molar-refractivity contribution in [1.82, 2.24) is 14.7 Å². The normalized spacial score (nSPS) is 19.7. The molecule has 0 bridgehead atoms. The van der Waals surface area contributed by atoms with Crippen LogP contribution in [-0.4, -0.2) is 44.3 Å². The lowest BCUT2D eigenvalue weighted by Crippen LogP contribution is -2.49. The summed E-state index contributed by atoms with van der Waals surface area (Å²) < 4.78 is 15.4. The van der Waals surface area contributed by atoms with Crippen LogP contribution in [0.3, 0.4) is 0 Å². The molecule has 1 aromatic heterocycles. The van der Waals surface area contributed by atoms with Crippen molar-refractivity contribution >= 4 is 11.9 Å². The fourth-order valence-corrected chi connectivity index (χ4v) is 3.29. The number of likely N-dealkylation sites (tertiary alicyclic amines) is 1. The number of para-hydroxylation sites is 1. The number of benzene rings is 1. The second kappa shape index (κ2) is 7.30. The quantitative estimate of drug-likeness (QED) is 0.888. The number of carboxylic acids is 1. The number of carbonyl (C=O) groups is 2. The van der Waals surface area contributed by atoms with Gasteiger partial charge in [0.15, 0.2) is 5.69 Å². The summed E-state index contributed by atoms with van der Waals surface area (Å²) >= 11 is 0. The molecule has 1 fully saturated rings. The van der Waals surface area contributed by atoms with Gasteiger partial charge >= 0.3 is 5.97 Å². The van der Waals surface area contributed by atoms with Crippen LogP contribution in [0.4, 0.5) is 4.39 Å². The highest BCUT2D eigenvalue weighted by Crippen LogP contribution is 2.23. The molecular formula is C19H20FN3O4. The summed E-state index contributed by atoms with van der Waals surface area (Å²) in [4.78, 5) is 38.0. The highest BCUT2D eigenvalue weighted by Gasteiger charge is 2.34. The number of hydrogen-bond acceptors (Lipinski definition) is 4. The molecular weight excluding hydrogens is 353 g/mol. The molecule has 1 N–H and O–H groups in total. The van der Waals surface area contributed by atoms with Gasteiger partial charge in [-0.1, -0.05) is 12.1 Å². The van der Waals surface area contributed by atoms with Crippen molar-refractivity contribution in [3.05, 3.63) is 57.8 Å². The van der Waals surface area contributed by atoms with Crippen LogP contribution in [0.5, 0.6) is 0 Å². The van der Waals surface area contributed by atoms with Crippen LogP contribution in [0.1, 0.15) is 35.9 Å². The fraction of sp³-hybridized carbons (Fsp3) is 0.368. The Labute approximate surface area is 155 Å². The predicted octanol–water partition coefficient (Wildman–Crippen LogP) is 2.01. The first-order valence-corrected chi connectivity index (χ1v) is 8.69. The van der Waals surface area contributed by atoms with Gasteiger partial charge in [-0.15, -0.1) is 0 Å². The molecule has 7 nitrogen and oxygen atoms in total. The summed E-state index contributed by atoms with van der Waals surface area (Å²) in [7, 11) is 0. The Morgan fingerprint density at radius 2 is 1.96 bits per heavy atom. The standard InChI is InChI=1S/C19H20FN3O4/c1-11-7-8-13(19(26)27)10-22(11)18(25)17-16(24)9-12(2)23(21-17)15-6-4-3-5-14(15)20/h3-6,9,11,13H,7-8,10H2,1-2H3,(H,26,27). The maximum absolute atomic E-state index is 14.1. The SMILES string of the molecule is Cc1cc(=O)c(C(=O)N2CC(C(=O)O)CCC2C)nn1-c1ccccc1F. The third-order valence-electron chi connectivity index (χ3n) is 4.88. The zero-order valence-corrected chi connectivity index (χ0v) is 15.1. The van der Waals surface area contributed by atoms with E-state index in [9.17, 15) is 23.9 Å². The zero-order valence-electron chi connectivity index (χ0n) is 15.1. The molecule has 1 amide bonds. The number of halogens is 1. The smallest absolute Gasteiger partial charge is 0.308 e. The van der Waals surface area contributed by atoms with E-state index in [0.717, 1.165) is 0 Å². The first-order chi connectivity index (χ1) is 12.8. The van der Waals surface area contributed by atoms with Crippen molar-refractivity contribution in [3.63, 3.8) is 0 Å². The second-order valence-electron chi connectivity index (χ2n) is 6.78. The molecule has 0 aliphatic carbocycles. The third-order valence-corrected chi connectivity index (χ3v) is 4.88. The number of hydrogen-bond donors (Lipinski definition) is 1. The molecule has 2 unspecified atom stereocenters. The molecule has 142 valence electrons. The molecule has 2 atom stereocenters. The summed E-state index contributed by atoms with van der Waals surface area (Å²) in [6.07, 6.45) is 0.997. The van der Waals surface area contributed by atoms with Gasteiger partial charge in [-0.2, -0.15) is 5.10 Å². The topological polar surface area (TPSA) is 92.5 Å². The summed E-state index contributed by atoms with van der Waals surface area (Å²) in [5.41, 5.74) is -0.410. The largest absolute Gasteiger partial charge is 0.481 e. The van der Waals surface area contributed by atoms with Gasteiger partial charge in [-0.3, -0.25) is 14.4 Å². The van der Waals surface area contributed by atoms with Gasteiger partial charge in [0.1, 0.15) is 11.5 Å². The molecule has 2 heterocycles. The number of aryl methyl sites for hydroxylation is 1. The van der Waals surface area contributed by atoms with E-state index in [-0.39, 0.29) is 24.0 Å². The molecule has 0 saturated carbocycles. The predicted molar refractivity (Wildman–Crippen MR) is 95.4 cm³/mol. The fourth-order valence-electron chi connectivity index (χ4n) is 3.29. The van der Waals surface area contributed by atoms with Gasteiger partial charge in [-0.05, 0) is 38.8 Å². The Bertz CT molecular complexity index is 956. The van der Waals surface area contributed by atoms with E-state index in [1.807, 2.05) is 0 Å². The molecule has 3 rings (SSSR count). The Kier molecular flexibility index (Phi) is 5.07. The number of aliphatic carboxylic acids is 1. The van der Waals surface area contributed by atoms with E-state index in [2.05, 4.69) is 5.10 Å². The van der Waals surface area contributed by atoms with Gasteiger partial charge in [-0.25, -0.2) is 9.07 Å². The zero-order chi connectivity index (χ0) is 19.7. The molecule has 1 aliphatic rings. The lowest BCUT2D eigenvalue weighted by atomic mass is 9.93. The van der Waals surface area contributed by atoms with Gasteiger partial charge in [0.05, 0.1) is 5.92 Å². The van der Waals surface area contributed by atoms with Crippen molar-refractivity contribution in [1.29, 1.82) is 0 Å². The van der Waals surface area contributed by atoms with Gasteiger partial charge in [0.2, 0.25) is 5.43 Å². The van der Waals surface area contributed by atoms with E-state index in [1.165, 1.54) is 33.8 Å². The van der Waals surface area contributed by atoms with E-state index in [1.54, 1.807) is 19.9 Å². The van der Waals surface area contributed by atoms with E-state index in [4.69, 9.17) is 0 Å². The maximum Gasteiger partial charge on any atom is 0.308 e. The van der Waals surface area contributed by atoms with Crippen LogP contribution in [0.15, 0.2) is 35.1 Å². The van der Waals surface area contributed by atoms with Crippen LogP contribution in [0.2, 0.25) is 0 Å². The molecule has 8 heteroatoms. The molecule has 1 aromatic carbocycles. The molecule has 0 spiro atoms. The Balaban J connectivity index is 2.02. The molecule has 0 radical (unpaired) electrons. The number of nitrogens with zero attached hydrogens (tertiary/aromatic N) is 3. The van der Waals surface area contributed by atoms with E-state index in [0.29, 0.717) is 18.5 Å². The van der Waals surface area contributed by atoms with Gasteiger partial charge in [0, 0.05) is 24.3 Å². The average molecular weight is 373 g/mol. The average Bonchev–Trinajstić information content (AvgIpc) is 2.62. The number of rotatable bonds is 3. The maximum atomic E-state index is 14.1. The molecule has 1 aliphatic heterocycles. The van der Waals surface area contributed by atoms with Gasteiger partial charge in [0.25, 0.3) is 5.91 Å². The van der Waals surface area contributed by atoms with Crippen molar-refractivity contribution < 1.29 is 19.1 Å². The number of aromatic nitrogens is 2. The van der Waals surface area contributed by atoms with Crippen molar-refractivity contribution in [2.45, 2.75) is 32.7 Å². The summed E-state index contributed by atoms with van der Waals surface area (Å²) in [5.74, 6) is -2.82. The molecule has 27 heavy (non-hydrogen) atoms. The van der Waals surface area contributed by atoms with E-state index >= 15 is 0 Å². The summed E-state index contributed by atoms with van der Waals surface area (Å²) in [6.45, 7) is 3.42. The third kappa shape index (κ3) is 3.60. The van der Waals surface area contributed by atoms with Crippen molar-refractivity contribution in [2.24, 2.45) is 5.92 Å². The number of amides is 1. The first-order valence-electron chi connectivity index (χ1n) is 8.69. The lowest BCUT2D eigenvalue weighted by Gasteiger charge is -2.36. The Hall–Kier alpha value is -3.03. The minimum atomic E-state index is -0.972. The van der Waals surface area contributed by atoms with Crippen LogP contribution in [0.25, 0.3) is 5.69 Å². The number of carbonyl (C=O) groups excluding carboxylic acids is 1. The Morgan fingerprint density at radius 1 is 1.26 bits per heavy atom. The van der Waals surface area contributed by atoms with Crippen LogP contribution in [-0.2, 0) is 4.79 Å². The van der Waals surface area contributed by atoms with Crippen LogP contribution >= 0.6 is 0 Å². The van der Waals surface area contributed by atoms with Crippen molar-refractivity contribution in [3.8, 4) is 5.69 Å². The van der Waals surface area contributed by atoms with E-state index < -0.39 is 29.0 Å². The van der Waals surface area contributed by atoms with Crippen LogP contribution < -0.4 is 5.43 Å². The Morgan fingerprint density at radius 3 is 2.63 bits per heavy atom. The number of piperidine rings is 1. The highest BCUT2D eigenvalue weighted by atomic mass is 19.1. The van der Waals surface area contributed by atoms with Crippen LogP contribution in [0, 0.1) is 18.7 Å². The van der Waals surface area contributed by atoms with Crippen molar-refractivity contribution in [2.75, 3.05) is 6.54 Å². The minimum Gasteiger partial charge on any atom is -0.481 e. The lowest BCUT2D eigenvalue weighted by molar-refractivity contribution is -0.143. The summed E-state index contributed by atoms with van der Waals surface area (Å²) in [5, 5.41) is 13.4. The molecule has 1 saturated heterocycles. The summed E-state index contributed by atoms with van der Waals surface area (Å²) in [6, 6.07) is 6.94. The minimum absolute atomic E-state index is 0.0179. The molecule has 2 aromatic rings. The second-order valence-corrected chi connectivity index (χ2v) is 6.78.